The fourth-order valence-electron chi connectivity index (χ4n) is 4.57. The minimum atomic E-state index is -3.06. The molecule has 2 heterocycles. The molecule has 0 saturated carbocycles. The van der Waals surface area contributed by atoms with Crippen LogP contribution in [0.25, 0.3) is 11.1 Å². The molecule has 2 aliphatic heterocycles. The average Bonchev–Trinajstić information content (AvgIpc) is 2.95. The second-order valence-corrected chi connectivity index (χ2v) is 10.2. The molecule has 2 fully saturated rings. The Morgan fingerprint density at radius 1 is 1.00 bits per heavy atom. The van der Waals surface area contributed by atoms with Gasteiger partial charge >= 0.3 is 0 Å². The summed E-state index contributed by atoms with van der Waals surface area (Å²) in [6.45, 7) is 0. The number of ether oxygens (including phenoxy) is 1. The van der Waals surface area contributed by atoms with Gasteiger partial charge in [-0.15, -0.1) is 0 Å². The zero-order valence-electron chi connectivity index (χ0n) is 16.2. The summed E-state index contributed by atoms with van der Waals surface area (Å²) < 4.78 is 29.2. The molecule has 0 aliphatic carbocycles. The van der Waals surface area contributed by atoms with Crippen LogP contribution in [0.4, 0.5) is 0 Å². The van der Waals surface area contributed by atoms with Crippen LogP contribution in [-0.2, 0) is 9.84 Å². The van der Waals surface area contributed by atoms with Crippen molar-refractivity contribution in [1.29, 1.82) is 0 Å². The van der Waals surface area contributed by atoms with Gasteiger partial charge in [0, 0.05) is 23.9 Å². The highest BCUT2D eigenvalue weighted by atomic mass is 32.2. The number of carbonyl (C=O) groups excluding carboxylic acids is 1. The molecule has 2 aromatic rings. The molecule has 1 amide bonds. The number of methoxy groups -OCH3 is 1. The van der Waals surface area contributed by atoms with Crippen molar-refractivity contribution in [2.45, 2.75) is 43.0 Å². The van der Waals surface area contributed by atoms with Crippen molar-refractivity contribution in [2.75, 3.05) is 13.4 Å². The van der Waals surface area contributed by atoms with Gasteiger partial charge in [-0.1, -0.05) is 24.3 Å². The topological polar surface area (TPSA) is 63.7 Å². The Hall–Kier alpha value is -2.34. The summed E-state index contributed by atoms with van der Waals surface area (Å²) in [6, 6.07) is 15.5. The van der Waals surface area contributed by atoms with E-state index >= 15 is 0 Å². The average molecular weight is 400 g/mol. The number of piperidine rings is 1. The molecule has 28 heavy (non-hydrogen) atoms. The van der Waals surface area contributed by atoms with E-state index < -0.39 is 9.84 Å². The number of rotatable bonds is 4. The lowest BCUT2D eigenvalue weighted by atomic mass is 9.99. The van der Waals surface area contributed by atoms with E-state index in [1.165, 1.54) is 6.26 Å². The third-order valence-electron chi connectivity index (χ3n) is 6.06. The predicted octanol–water partition coefficient (Wildman–Crippen LogP) is 3.54. The molecular weight excluding hydrogens is 374 g/mol. The van der Waals surface area contributed by atoms with Crippen LogP contribution >= 0.6 is 0 Å². The molecule has 0 unspecified atom stereocenters. The molecule has 0 radical (unpaired) electrons. The van der Waals surface area contributed by atoms with Crippen LogP contribution in [0.3, 0.4) is 0 Å². The highest BCUT2D eigenvalue weighted by Gasteiger charge is 2.45. The van der Waals surface area contributed by atoms with Gasteiger partial charge in [-0.2, -0.15) is 0 Å². The van der Waals surface area contributed by atoms with E-state index in [4.69, 9.17) is 4.74 Å². The summed E-state index contributed by atoms with van der Waals surface area (Å²) in [7, 11) is -1.41. The second-order valence-electron chi connectivity index (χ2n) is 7.83. The predicted molar refractivity (Wildman–Crippen MR) is 109 cm³/mol. The van der Waals surface area contributed by atoms with E-state index in [1.807, 2.05) is 53.4 Å². The van der Waals surface area contributed by atoms with Crippen LogP contribution in [0, 0.1) is 0 Å². The number of carbonyl (C=O) groups is 1. The van der Waals surface area contributed by atoms with Crippen molar-refractivity contribution in [3.05, 3.63) is 54.1 Å². The molecule has 2 saturated heterocycles. The minimum Gasteiger partial charge on any atom is -0.497 e. The van der Waals surface area contributed by atoms with Gasteiger partial charge in [-0.05, 0) is 61.1 Å². The second kappa shape index (κ2) is 7.24. The standard InChI is InChI=1S/C22H25NO4S/c1-27-20-5-3-4-17(12-20)15-6-8-16(9-7-15)22(24)23-18-10-11-19(23)14-21(13-18)28(2,25)26/h3-9,12,18-19,21H,10-11,13-14H2,1-2H3/t18-,19-/m0/s1. The first-order chi connectivity index (χ1) is 13.4. The molecule has 148 valence electrons. The van der Waals surface area contributed by atoms with Crippen LogP contribution in [0.15, 0.2) is 48.5 Å². The summed E-state index contributed by atoms with van der Waals surface area (Å²) in [5.41, 5.74) is 2.71. The number of hydrogen-bond donors (Lipinski definition) is 0. The SMILES string of the molecule is COc1cccc(-c2ccc(C(=O)N3[C@H]4CC[C@H]3CC(S(C)(=O)=O)C4)cc2)c1. The van der Waals surface area contributed by atoms with E-state index in [0.29, 0.717) is 18.4 Å². The lowest BCUT2D eigenvalue weighted by Crippen LogP contribution is -2.49. The van der Waals surface area contributed by atoms with Crippen molar-refractivity contribution in [3.8, 4) is 16.9 Å². The number of amides is 1. The molecule has 2 aromatic carbocycles. The summed E-state index contributed by atoms with van der Waals surface area (Å²) in [4.78, 5) is 15.1. The van der Waals surface area contributed by atoms with Crippen LogP contribution in [0.2, 0.25) is 0 Å². The zero-order valence-corrected chi connectivity index (χ0v) is 17.0. The number of nitrogens with zero attached hydrogens (tertiary/aromatic N) is 1. The van der Waals surface area contributed by atoms with Gasteiger partial charge in [-0.3, -0.25) is 4.79 Å². The van der Waals surface area contributed by atoms with Crippen LogP contribution in [0.5, 0.6) is 5.75 Å². The Morgan fingerprint density at radius 3 is 2.21 bits per heavy atom. The van der Waals surface area contributed by atoms with Crippen molar-refractivity contribution in [3.63, 3.8) is 0 Å². The molecule has 2 bridgehead atoms. The molecule has 0 spiro atoms. The molecule has 4 rings (SSSR count). The van der Waals surface area contributed by atoms with Crippen LogP contribution in [-0.4, -0.2) is 49.9 Å². The maximum Gasteiger partial charge on any atom is 0.254 e. The van der Waals surface area contributed by atoms with E-state index in [-0.39, 0.29) is 23.2 Å². The van der Waals surface area contributed by atoms with Crippen molar-refractivity contribution < 1.29 is 17.9 Å². The van der Waals surface area contributed by atoms with Gasteiger partial charge < -0.3 is 9.64 Å². The number of fused-ring (bicyclic) bond motifs is 2. The zero-order chi connectivity index (χ0) is 19.9. The van der Waals surface area contributed by atoms with Gasteiger partial charge in [-0.25, -0.2) is 8.42 Å². The largest absolute Gasteiger partial charge is 0.497 e. The summed E-state index contributed by atoms with van der Waals surface area (Å²) >= 11 is 0. The maximum atomic E-state index is 13.1. The monoisotopic (exact) mass is 399 g/mol. The smallest absolute Gasteiger partial charge is 0.254 e. The Kier molecular flexibility index (Phi) is 4.91. The fourth-order valence-corrected chi connectivity index (χ4v) is 5.71. The van der Waals surface area contributed by atoms with E-state index in [0.717, 1.165) is 29.7 Å². The van der Waals surface area contributed by atoms with Crippen LogP contribution < -0.4 is 4.74 Å². The van der Waals surface area contributed by atoms with Gasteiger partial charge in [0.15, 0.2) is 0 Å². The normalized spacial score (nSPS) is 24.2. The lowest BCUT2D eigenvalue weighted by molar-refractivity contribution is 0.0598. The van der Waals surface area contributed by atoms with Crippen molar-refractivity contribution in [2.24, 2.45) is 0 Å². The summed E-state index contributed by atoms with van der Waals surface area (Å²) in [6.07, 6.45) is 4.21. The quantitative estimate of drug-likeness (QED) is 0.789. The Bertz CT molecular complexity index is 970. The molecule has 0 aromatic heterocycles. The highest BCUT2D eigenvalue weighted by molar-refractivity contribution is 7.91. The third kappa shape index (κ3) is 3.53. The first-order valence-corrected chi connectivity index (χ1v) is 11.6. The summed E-state index contributed by atoms with van der Waals surface area (Å²) in [5.74, 6) is 0.805. The molecular formula is C22H25NO4S. The minimum absolute atomic E-state index is 0.0108. The van der Waals surface area contributed by atoms with E-state index in [1.54, 1.807) is 7.11 Å². The van der Waals surface area contributed by atoms with Gasteiger partial charge in [0.2, 0.25) is 0 Å². The Labute approximate surface area is 166 Å². The van der Waals surface area contributed by atoms with E-state index in [2.05, 4.69) is 0 Å². The maximum absolute atomic E-state index is 13.1. The van der Waals surface area contributed by atoms with Gasteiger partial charge in [0.05, 0.1) is 12.4 Å². The Morgan fingerprint density at radius 2 is 1.64 bits per heavy atom. The highest BCUT2D eigenvalue weighted by Crippen LogP contribution is 2.39. The summed E-state index contributed by atoms with van der Waals surface area (Å²) in [5, 5.41) is -0.315. The first-order valence-electron chi connectivity index (χ1n) is 9.63. The molecule has 5 nitrogen and oxygen atoms in total. The van der Waals surface area contributed by atoms with Crippen molar-refractivity contribution in [1.82, 2.24) is 4.90 Å². The van der Waals surface area contributed by atoms with E-state index in [9.17, 15) is 13.2 Å². The van der Waals surface area contributed by atoms with Gasteiger partial charge in [0.1, 0.15) is 15.6 Å². The van der Waals surface area contributed by atoms with Gasteiger partial charge in [0.25, 0.3) is 5.91 Å². The number of sulfone groups is 1. The third-order valence-corrected chi connectivity index (χ3v) is 7.66. The molecule has 6 heteroatoms. The molecule has 0 N–H and O–H groups in total. The number of benzene rings is 2. The number of hydrogen-bond acceptors (Lipinski definition) is 4. The lowest BCUT2D eigenvalue weighted by Gasteiger charge is -2.38. The van der Waals surface area contributed by atoms with Crippen molar-refractivity contribution >= 4 is 15.7 Å². The molecule has 2 atom stereocenters. The first kappa shape index (κ1) is 19.0. The molecule has 2 aliphatic rings. The fraction of sp³-hybridized carbons (Fsp3) is 0.409. The van der Waals surface area contributed by atoms with Crippen LogP contribution in [0.1, 0.15) is 36.0 Å². The Balaban J connectivity index is 1.53.